The molecule has 6 N–H and O–H groups in total. The van der Waals surface area contributed by atoms with E-state index >= 15 is 0 Å². The second kappa shape index (κ2) is 8.89. The average molecular weight is 462 g/mol. The van der Waals surface area contributed by atoms with Gasteiger partial charge in [0.2, 0.25) is 12.0 Å². The number of fused-ring (bicyclic) bond motifs is 1. The van der Waals surface area contributed by atoms with Gasteiger partial charge >= 0.3 is 0 Å². The second-order valence-corrected chi connectivity index (χ2v) is 7.47. The molecule has 1 aliphatic heterocycles. The van der Waals surface area contributed by atoms with E-state index in [4.69, 9.17) is 18.6 Å². The summed E-state index contributed by atoms with van der Waals surface area (Å²) < 4.78 is 22.3. The molecule has 0 saturated carbocycles. The van der Waals surface area contributed by atoms with E-state index in [1.807, 2.05) is 0 Å². The number of ether oxygens (including phenoxy) is 3. The summed E-state index contributed by atoms with van der Waals surface area (Å²) in [4.78, 5) is 12.8. The highest BCUT2D eigenvalue weighted by Gasteiger charge is 2.45. The molecule has 0 amide bonds. The van der Waals surface area contributed by atoms with Gasteiger partial charge in [-0.05, 0) is 30.3 Å². The van der Waals surface area contributed by atoms with Crippen LogP contribution in [0, 0.1) is 0 Å². The number of phenolic OH excluding ortho intramolecular Hbond substituents is 2. The van der Waals surface area contributed by atoms with Crippen LogP contribution >= 0.6 is 0 Å². The van der Waals surface area contributed by atoms with E-state index in [1.54, 1.807) is 0 Å². The molecular weight excluding hydrogens is 440 g/mol. The summed E-state index contributed by atoms with van der Waals surface area (Å²) in [6.45, 7) is -0.652. The molecule has 5 atom stereocenters. The van der Waals surface area contributed by atoms with Crippen LogP contribution in [0.4, 0.5) is 0 Å². The van der Waals surface area contributed by atoms with E-state index in [1.165, 1.54) is 43.5 Å². The Kier molecular flexibility index (Phi) is 6.15. The van der Waals surface area contributed by atoms with Gasteiger partial charge in [0.15, 0.2) is 28.3 Å². The number of phenols is 2. The fraction of sp³-hybridized carbons (Fsp3) is 0.318. The first-order valence-corrected chi connectivity index (χ1v) is 9.89. The van der Waals surface area contributed by atoms with Gasteiger partial charge in [-0.15, -0.1) is 0 Å². The first-order chi connectivity index (χ1) is 15.7. The number of rotatable bonds is 5. The zero-order valence-electron chi connectivity index (χ0n) is 17.3. The summed E-state index contributed by atoms with van der Waals surface area (Å²) in [5, 5.41) is 59.2. The van der Waals surface area contributed by atoms with Gasteiger partial charge in [0.05, 0.1) is 19.1 Å². The van der Waals surface area contributed by atoms with Crippen LogP contribution in [-0.4, -0.2) is 75.1 Å². The van der Waals surface area contributed by atoms with Crippen molar-refractivity contribution in [1.82, 2.24) is 0 Å². The Bertz CT molecular complexity index is 1220. The maximum Gasteiger partial charge on any atom is 0.229 e. The number of aromatic hydroxyl groups is 2. The summed E-state index contributed by atoms with van der Waals surface area (Å²) in [6, 6.07) is 7.93. The molecule has 11 nitrogen and oxygen atoms in total. The van der Waals surface area contributed by atoms with Gasteiger partial charge in [-0.1, -0.05) is 0 Å². The highest BCUT2D eigenvalue weighted by Crippen LogP contribution is 2.39. The van der Waals surface area contributed by atoms with Crippen molar-refractivity contribution in [2.75, 3.05) is 13.7 Å². The topological polar surface area (TPSA) is 179 Å². The molecule has 0 spiro atoms. The molecule has 0 aliphatic carbocycles. The quantitative estimate of drug-likeness (QED) is 0.282. The lowest BCUT2D eigenvalue weighted by molar-refractivity contribution is -0.277. The molecule has 1 saturated heterocycles. The third-order valence-corrected chi connectivity index (χ3v) is 5.38. The Morgan fingerprint density at radius 3 is 2.39 bits per heavy atom. The summed E-state index contributed by atoms with van der Waals surface area (Å²) in [5.41, 5.74) is -0.257. The lowest BCUT2D eigenvalue weighted by Crippen LogP contribution is -2.60. The van der Waals surface area contributed by atoms with E-state index in [0.29, 0.717) is 0 Å². The van der Waals surface area contributed by atoms with Crippen LogP contribution < -0.4 is 14.9 Å². The zero-order valence-corrected chi connectivity index (χ0v) is 17.3. The van der Waals surface area contributed by atoms with Gasteiger partial charge < -0.3 is 49.3 Å². The molecule has 1 aromatic heterocycles. The van der Waals surface area contributed by atoms with Gasteiger partial charge in [0, 0.05) is 11.6 Å². The Morgan fingerprint density at radius 1 is 0.970 bits per heavy atom. The predicted octanol–water partition coefficient (Wildman–Crippen LogP) is 0.0585. The van der Waals surface area contributed by atoms with Crippen molar-refractivity contribution in [3.05, 3.63) is 46.6 Å². The Morgan fingerprint density at radius 2 is 1.73 bits per heavy atom. The third kappa shape index (κ3) is 4.08. The smallest absolute Gasteiger partial charge is 0.229 e. The standard InChI is InChI=1S/C22H22O11/c1-30-14-5-3-10-12(25)7-15(9-2-4-11(24)13(26)6-9)31-20(10)21(14)33-22-19(29)18(28)17(27)16(8-23)32-22/h2-7,16-19,22-24,26-29H,8H2,1H3/t16-,17-,18+,19-,22+/m1/s1. The van der Waals surface area contributed by atoms with Crippen molar-refractivity contribution in [3.63, 3.8) is 0 Å². The number of hydrogen-bond acceptors (Lipinski definition) is 11. The normalized spacial score (nSPS) is 25.2. The molecular formula is C22H22O11. The van der Waals surface area contributed by atoms with Gasteiger partial charge in [-0.25, -0.2) is 0 Å². The maximum absolute atomic E-state index is 12.8. The van der Waals surface area contributed by atoms with Gasteiger partial charge in [-0.2, -0.15) is 0 Å². The van der Waals surface area contributed by atoms with Crippen molar-refractivity contribution in [1.29, 1.82) is 0 Å². The molecule has 2 heterocycles. The minimum absolute atomic E-state index is 0.0368. The lowest BCUT2D eigenvalue weighted by Gasteiger charge is -2.39. The largest absolute Gasteiger partial charge is 0.504 e. The van der Waals surface area contributed by atoms with Gasteiger partial charge in [0.25, 0.3) is 0 Å². The molecule has 3 aromatic rings. The van der Waals surface area contributed by atoms with Crippen LogP contribution in [-0.2, 0) is 4.74 Å². The summed E-state index contributed by atoms with van der Waals surface area (Å²) >= 11 is 0. The number of benzene rings is 2. The fourth-order valence-corrected chi connectivity index (χ4v) is 3.55. The molecule has 2 aromatic carbocycles. The van der Waals surface area contributed by atoms with Crippen LogP contribution in [0.3, 0.4) is 0 Å². The molecule has 0 unspecified atom stereocenters. The van der Waals surface area contributed by atoms with Crippen molar-refractivity contribution in [3.8, 4) is 34.3 Å². The van der Waals surface area contributed by atoms with E-state index in [0.717, 1.165) is 0 Å². The number of aliphatic hydroxyl groups is 4. The Balaban J connectivity index is 1.83. The molecule has 0 bridgehead atoms. The molecule has 4 rings (SSSR count). The van der Waals surface area contributed by atoms with Crippen LogP contribution in [0.1, 0.15) is 0 Å². The predicted molar refractivity (Wildman–Crippen MR) is 112 cm³/mol. The van der Waals surface area contributed by atoms with E-state index in [2.05, 4.69) is 0 Å². The highest BCUT2D eigenvalue weighted by molar-refractivity contribution is 5.86. The SMILES string of the molecule is COc1ccc2c(=O)cc(-c3ccc(O)c(O)c3)oc2c1O[C@@H]1O[C@H](CO)[C@@H](O)[C@H](O)[C@H]1O. The minimum atomic E-state index is -1.70. The average Bonchev–Trinajstić information content (AvgIpc) is 2.81. The van der Waals surface area contributed by atoms with Gasteiger partial charge in [0.1, 0.15) is 30.2 Å². The van der Waals surface area contributed by atoms with Gasteiger partial charge in [-0.3, -0.25) is 4.79 Å². The highest BCUT2D eigenvalue weighted by atomic mass is 16.7. The molecule has 176 valence electrons. The molecule has 11 heteroatoms. The number of aliphatic hydroxyl groups excluding tert-OH is 4. The monoisotopic (exact) mass is 462 g/mol. The molecule has 0 radical (unpaired) electrons. The third-order valence-electron chi connectivity index (χ3n) is 5.38. The minimum Gasteiger partial charge on any atom is -0.504 e. The number of methoxy groups -OCH3 is 1. The molecule has 1 fully saturated rings. The van der Waals surface area contributed by atoms with Crippen molar-refractivity contribution in [2.45, 2.75) is 30.7 Å². The number of hydrogen-bond donors (Lipinski definition) is 6. The summed E-state index contributed by atoms with van der Waals surface area (Å²) in [5.74, 6) is -0.766. The van der Waals surface area contributed by atoms with Crippen molar-refractivity contribution in [2.24, 2.45) is 0 Å². The Hall–Kier alpha value is -3.35. The maximum atomic E-state index is 12.8. The van der Waals surface area contributed by atoms with Crippen LogP contribution in [0.15, 0.2) is 45.6 Å². The molecule has 33 heavy (non-hydrogen) atoms. The van der Waals surface area contributed by atoms with Crippen LogP contribution in [0.25, 0.3) is 22.3 Å². The van der Waals surface area contributed by atoms with Crippen molar-refractivity contribution >= 4 is 11.0 Å². The summed E-state index contributed by atoms with van der Waals surface area (Å²) in [6.07, 6.45) is -7.72. The first-order valence-electron chi connectivity index (χ1n) is 9.89. The lowest BCUT2D eigenvalue weighted by atomic mass is 9.99. The Labute approximate surface area is 186 Å². The van der Waals surface area contributed by atoms with Crippen LogP contribution in [0.5, 0.6) is 23.0 Å². The van der Waals surface area contributed by atoms with E-state index in [-0.39, 0.29) is 39.5 Å². The van der Waals surface area contributed by atoms with E-state index < -0.39 is 48.5 Å². The van der Waals surface area contributed by atoms with Crippen molar-refractivity contribution < 1.29 is 49.3 Å². The molecule has 1 aliphatic rings. The first kappa shape index (κ1) is 22.8. The van der Waals surface area contributed by atoms with Crippen LogP contribution in [0.2, 0.25) is 0 Å². The van der Waals surface area contributed by atoms with E-state index in [9.17, 15) is 35.4 Å². The summed E-state index contributed by atoms with van der Waals surface area (Å²) in [7, 11) is 1.33. The zero-order chi connectivity index (χ0) is 23.9. The fourth-order valence-electron chi connectivity index (χ4n) is 3.55. The second-order valence-electron chi connectivity index (χ2n) is 7.47.